The van der Waals surface area contributed by atoms with Gasteiger partial charge in [-0.3, -0.25) is 4.68 Å². The molecule has 0 amide bonds. The number of rotatable bonds is 6. The van der Waals surface area contributed by atoms with Crippen molar-refractivity contribution in [2.45, 2.75) is 63.5 Å². The van der Waals surface area contributed by atoms with Crippen LogP contribution in [0.3, 0.4) is 0 Å². The van der Waals surface area contributed by atoms with Crippen molar-refractivity contribution in [3.05, 3.63) is 18.0 Å². The summed E-state index contributed by atoms with van der Waals surface area (Å²) in [5, 5.41) is 8.30. The van der Waals surface area contributed by atoms with E-state index in [1.54, 1.807) is 0 Å². The molecule has 1 saturated carbocycles. The first kappa shape index (κ1) is 15.0. The van der Waals surface area contributed by atoms with Crippen molar-refractivity contribution >= 4 is 0 Å². The first-order chi connectivity index (χ1) is 10.3. The highest BCUT2D eigenvalue weighted by Crippen LogP contribution is 2.27. The van der Waals surface area contributed by atoms with Gasteiger partial charge in [0.1, 0.15) is 0 Å². The maximum absolute atomic E-state index is 5.49. The molecule has 0 radical (unpaired) electrons. The third-order valence-electron chi connectivity index (χ3n) is 5.12. The average Bonchev–Trinajstić information content (AvgIpc) is 3.19. The lowest BCUT2D eigenvalue weighted by Gasteiger charge is -2.22. The molecule has 118 valence electrons. The lowest BCUT2D eigenvalue weighted by molar-refractivity contribution is 0.181. The molecule has 1 N–H and O–H groups in total. The standard InChI is InChI=1S/C17H29N3O/c1-18-16(11-14-8-10-21-13-14)12-15-7-9-20(19-15)17-5-3-2-4-6-17/h7,9,14,16-18H,2-6,8,10-13H2,1H3. The molecule has 2 unspecified atom stereocenters. The minimum absolute atomic E-state index is 0.520. The third-order valence-corrected chi connectivity index (χ3v) is 5.12. The van der Waals surface area contributed by atoms with E-state index in [2.05, 4.69) is 29.3 Å². The van der Waals surface area contributed by atoms with E-state index in [9.17, 15) is 0 Å². The molecule has 0 spiro atoms. The summed E-state index contributed by atoms with van der Waals surface area (Å²) >= 11 is 0. The summed E-state index contributed by atoms with van der Waals surface area (Å²) in [6, 6.07) is 3.37. The molecule has 2 atom stereocenters. The van der Waals surface area contributed by atoms with Crippen molar-refractivity contribution in [3.8, 4) is 0 Å². The largest absolute Gasteiger partial charge is 0.381 e. The predicted octanol–water partition coefficient (Wildman–Crippen LogP) is 2.95. The zero-order chi connectivity index (χ0) is 14.5. The summed E-state index contributed by atoms with van der Waals surface area (Å²) in [6.07, 6.45) is 12.4. The van der Waals surface area contributed by atoms with Crippen molar-refractivity contribution in [3.63, 3.8) is 0 Å². The second-order valence-electron chi connectivity index (χ2n) is 6.73. The van der Waals surface area contributed by atoms with Crippen LogP contribution in [0, 0.1) is 5.92 Å². The summed E-state index contributed by atoms with van der Waals surface area (Å²) in [5.41, 5.74) is 1.24. The Morgan fingerprint density at radius 1 is 1.33 bits per heavy atom. The molecule has 1 aromatic rings. The van der Waals surface area contributed by atoms with Crippen molar-refractivity contribution in [1.29, 1.82) is 0 Å². The van der Waals surface area contributed by atoms with E-state index >= 15 is 0 Å². The second-order valence-corrected chi connectivity index (χ2v) is 6.73. The van der Waals surface area contributed by atoms with Crippen molar-refractivity contribution in [1.82, 2.24) is 15.1 Å². The highest BCUT2D eigenvalue weighted by molar-refractivity contribution is 5.03. The molecule has 1 aromatic heterocycles. The van der Waals surface area contributed by atoms with Gasteiger partial charge >= 0.3 is 0 Å². The molecule has 4 nitrogen and oxygen atoms in total. The Labute approximate surface area is 128 Å². The number of likely N-dealkylation sites (N-methyl/N-ethyl adjacent to an activating group) is 1. The van der Waals surface area contributed by atoms with Crippen LogP contribution in [0.15, 0.2) is 12.3 Å². The molecule has 0 aromatic carbocycles. The summed E-state index contributed by atoms with van der Waals surface area (Å²) < 4.78 is 7.71. The quantitative estimate of drug-likeness (QED) is 0.876. The van der Waals surface area contributed by atoms with E-state index in [1.165, 1.54) is 50.6 Å². The predicted molar refractivity (Wildman–Crippen MR) is 84.4 cm³/mol. The molecule has 21 heavy (non-hydrogen) atoms. The Morgan fingerprint density at radius 2 is 2.19 bits per heavy atom. The average molecular weight is 291 g/mol. The summed E-state index contributed by atoms with van der Waals surface area (Å²) in [4.78, 5) is 0. The van der Waals surface area contributed by atoms with Crippen LogP contribution in [0.5, 0.6) is 0 Å². The van der Waals surface area contributed by atoms with Crippen LogP contribution in [0.2, 0.25) is 0 Å². The lowest BCUT2D eigenvalue weighted by Crippen LogP contribution is -2.30. The fourth-order valence-corrected chi connectivity index (χ4v) is 3.76. The summed E-state index contributed by atoms with van der Waals surface area (Å²) in [5.74, 6) is 0.725. The minimum atomic E-state index is 0.520. The van der Waals surface area contributed by atoms with E-state index in [1.807, 2.05) is 0 Å². The Morgan fingerprint density at radius 3 is 2.90 bits per heavy atom. The van der Waals surface area contributed by atoms with Crippen molar-refractivity contribution in [2.75, 3.05) is 20.3 Å². The van der Waals surface area contributed by atoms with Gasteiger partial charge in [-0.2, -0.15) is 5.10 Å². The molecular weight excluding hydrogens is 262 g/mol. The highest BCUT2D eigenvalue weighted by atomic mass is 16.5. The number of nitrogens with one attached hydrogen (secondary N) is 1. The number of nitrogens with zero attached hydrogens (tertiary/aromatic N) is 2. The normalized spacial score (nSPS) is 25.3. The van der Waals surface area contributed by atoms with E-state index < -0.39 is 0 Å². The third kappa shape index (κ3) is 4.07. The number of hydrogen-bond acceptors (Lipinski definition) is 3. The number of ether oxygens (including phenoxy) is 1. The maximum atomic E-state index is 5.49. The van der Waals surface area contributed by atoms with Gasteiger partial charge in [0.15, 0.2) is 0 Å². The van der Waals surface area contributed by atoms with E-state index in [4.69, 9.17) is 9.84 Å². The van der Waals surface area contributed by atoms with Crippen molar-refractivity contribution in [2.24, 2.45) is 5.92 Å². The molecule has 1 aliphatic carbocycles. The van der Waals surface area contributed by atoms with Gasteiger partial charge in [0, 0.05) is 31.9 Å². The van der Waals surface area contributed by atoms with Gasteiger partial charge in [-0.15, -0.1) is 0 Å². The lowest BCUT2D eigenvalue weighted by atomic mass is 9.96. The van der Waals surface area contributed by atoms with Crippen LogP contribution in [0.25, 0.3) is 0 Å². The minimum Gasteiger partial charge on any atom is -0.381 e. The van der Waals surface area contributed by atoms with Crippen LogP contribution in [0.4, 0.5) is 0 Å². The van der Waals surface area contributed by atoms with Gasteiger partial charge in [-0.1, -0.05) is 19.3 Å². The van der Waals surface area contributed by atoms with Gasteiger partial charge in [0.05, 0.1) is 11.7 Å². The molecule has 0 bridgehead atoms. The SMILES string of the molecule is CNC(Cc1ccn(C2CCCCC2)n1)CC1CCOC1. The molecule has 1 saturated heterocycles. The molecule has 2 heterocycles. The van der Waals surface area contributed by atoms with Gasteiger partial charge in [-0.25, -0.2) is 0 Å². The van der Waals surface area contributed by atoms with Gasteiger partial charge in [0.2, 0.25) is 0 Å². The van der Waals surface area contributed by atoms with Gasteiger partial charge < -0.3 is 10.1 Å². The van der Waals surface area contributed by atoms with Crippen LogP contribution < -0.4 is 5.32 Å². The zero-order valence-corrected chi connectivity index (χ0v) is 13.3. The summed E-state index contributed by atoms with van der Waals surface area (Å²) in [7, 11) is 2.07. The van der Waals surface area contributed by atoms with Gasteiger partial charge in [-0.05, 0) is 44.7 Å². The smallest absolute Gasteiger partial charge is 0.0640 e. The number of aromatic nitrogens is 2. The van der Waals surface area contributed by atoms with Crippen LogP contribution in [-0.4, -0.2) is 36.1 Å². The van der Waals surface area contributed by atoms with Crippen LogP contribution in [-0.2, 0) is 11.2 Å². The van der Waals surface area contributed by atoms with E-state index in [0.29, 0.717) is 12.1 Å². The molecule has 4 heteroatoms. The van der Waals surface area contributed by atoms with E-state index in [-0.39, 0.29) is 0 Å². The molecule has 2 aliphatic rings. The molecular formula is C17H29N3O. The molecule has 1 aliphatic heterocycles. The van der Waals surface area contributed by atoms with E-state index in [0.717, 1.165) is 25.6 Å². The molecule has 3 rings (SSSR count). The van der Waals surface area contributed by atoms with Crippen LogP contribution >= 0.6 is 0 Å². The first-order valence-corrected chi connectivity index (χ1v) is 8.64. The first-order valence-electron chi connectivity index (χ1n) is 8.64. The Bertz CT molecular complexity index is 419. The Balaban J connectivity index is 1.54. The van der Waals surface area contributed by atoms with Gasteiger partial charge in [0.25, 0.3) is 0 Å². The summed E-state index contributed by atoms with van der Waals surface area (Å²) in [6.45, 7) is 1.88. The molecule has 2 fully saturated rings. The fourth-order valence-electron chi connectivity index (χ4n) is 3.76. The monoisotopic (exact) mass is 291 g/mol. The Hall–Kier alpha value is -0.870. The second kappa shape index (κ2) is 7.41. The Kier molecular flexibility index (Phi) is 5.31. The maximum Gasteiger partial charge on any atom is 0.0640 e. The van der Waals surface area contributed by atoms with Crippen molar-refractivity contribution < 1.29 is 4.74 Å². The zero-order valence-electron chi connectivity index (χ0n) is 13.3. The fraction of sp³-hybridized carbons (Fsp3) is 0.824. The topological polar surface area (TPSA) is 39.1 Å². The highest BCUT2D eigenvalue weighted by Gasteiger charge is 2.21. The number of hydrogen-bond donors (Lipinski definition) is 1. The van der Waals surface area contributed by atoms with Crippen LogP contribution in [0.1, 0.15) is 56.7 Å².